The van der Waals surface area contributed by atoms with Crippen molar-refractivity contribution in [2.75, 3.05) is 12.3 Å². The van der Waals surface area contributed by atoms with Crippen LogP contribution in [-0.2, 0) is 0 Å². The second-order valence-corrected chi connectivity index (χ2v) is 5.40. The molecule has 1 saturated carbocycles. The molecule has 0 radical (unpaired) electrons. The summed E-state index contributed by atoms with van der Waals surface area (Å²) in [6.45, 7) is 0.326. The molecule has 7 heteroatoms. The van der Waals surface area contributed by atoms with Crippen LogP contribution in [-0.4, -0.2) is 34.7 Å². The fourth-order valence-electron chi connectivity index (χ4n) is 2.27. The van der Waals surface area contributed by atoms with Gasteiger partial charge in [-0.1, -0.05) is 0 Å². The number of carbonyl (C=O) groups is 1. The zero-order valence-electron chi connectivity index (χ0n) is 11.5. The molecule has 2 rings (SSSR count). The number of aromatic hydroxyl groups is 1. The maximum atomic E-state index is 12.7. The van der Waals surface area contributed by atoms with Gasteiger partial charge in [0.15, 0.2) is 0 Å². The summed E-state index contributed by atoms with van der Waals surface area (Å²) >= 11 is 0. The standard InChI is InChI=1S/C14H17F3N2O2/c1-8(9-2-3-9)19(7-14(15,16)17)13(21)10-4-5-11(18)12(20)6-10/h4-6,8-9,20H,2-3,7,18H2,1H3. The molecule has 0 saturated heterocycles. The molecule has 0 heterocycles. The molecule has 0 aromatic heterocycles. The molecule has 0 aliphatic heterocycles. The molecule has 1 atom stereocenters. The Balaban J connectivity index is 2.25. The first-order chi connectivity index (χ1) is 9.69. The summed E-state index contributed by atoms with van der Waals surface area (Å²) in [7, 11) is 0. The van der Waals surface area contributed by atoms with Crippen molar-refractivity contribution in [3.63, 3.8) is 0 Å². The van der Waals surface area contributed by atoms with E-state index in [0.717, 1.165) is 23.8 Å². The molecule has 1 aromatic carbocycles. The van der Waals surface area contributed by atoms with Gasteiger partial charge in [0.2, 0.25) is 0 Å². The molecule has 1 fully saturated rings. The predicted octanol–water partition coefficient (Wildman–Crippen LogP) is 2.78. The van der Waals surface area contributed by atoms with Gasteiger partial charge >= 0.3 is 6.18 Å². The summed E-state index contributed by atoms with van der Waals surface area (Å²) < 4.78 is 38.1. The number of phenolic OH excluding ortho intramolecular Hbond substituents is 1. The van der Waals surface area contributed by atoms with Crippen molar-refractivity contribution in [1.82, 2.24) is 4.90 Å². The van der Waals surface area contributed by atoms with Gasteiger partial charge in [0, 0.05) is 11.6 Å². The lowest BCUT2D eigenvalue weighted by atomic mass is 10.1. The van der Waals surface area contributed by atoms with E-state index in [0.29, 0.717) is 0 Å². The molecule has 4 nitrogen and oxygen atoms in total. The van der Waals surface area contributed by atoms with E-state index < -0.39 is 24.7 Å². The number of rotatable bonds is 4. The van der Waals surface area contributed by atoms with E-state index in [2.05, 4.69) is 0 Å². The van der Waals surface area contributed by atoms with Crippen molar-refractivity contribution >= 4 is 11.6 Å². The first-order valence-electron chi connectivity index (χ1n) is 6.65. The highest BCUT2D eigenvalue weighted by molar-refractivity contribution is 5.95. The van der Waals surface area contributed by atoms with Gasteiger partial charge in [-0.15, -0.1) is 0 Å². The lowest BCUT2D eigenvalue weighted by Crippen LogP contribution is -2.45. The summed E-state index contributed by atoms with van der Waals surface area (Å²) in [5.74, 6) is -0.951. The highest BCUT2D eigenvalue weighted by Gasteiger charge is 2.40. The molecule has 21 heavy (non-hydrogen) atoms. The average Bonchev–Trinajstić information content (AvgIpc) is 3.21. The molecule has 116 valence electrons. The zero-order chi connectivity index (χ0) is 15.8. The SMILES string of the molecule is CC(C1CC1)N(CC(F)(F)F)C(=O)c1ccc(N)c(O)c1. The molecule has 1 amide bonds. The van der Waals surface area contributed by atoms with E-state index in [9.17, 15) is 23.1 Å². The molecule has 1 aliphatic rings. The van der Waals surface area contributed by atoms with Crippen LogP contribution in [0.3, 0.4) is 0 Å². The van der Waals surface area contributed by atoms with Crippen LogP contribution in [0.5, 0.6) is 5.75 Å². The first kappa shape index (κ1) is 15.5. The molecular formula is C14H17F3N2O2. The van der Waals surface area contributed by atoms with Gasteiger partial charge in [-0.2, -0.15) is 13.2 Å². The number of alkyl halides is 3. The van der Waals surface area contributed by atoms with Crippen LogP contribution >= 0.6 is 0 Å². The van der Waals surface area contributed by atoms with Crippen LogP contribution in [0.15, 0.2) is 18.2 Å². The third-order valence-electron chi connectivity index (χ3n) is 3.68. The van der Waals surface area contributed by atoms with Crippen LogP contribution in [0, 0.1) is 5.92 Å². The molecule has 0 bridgehead atoms. The van der Waals surface area contributed by atoms with Crippen LogP contribution in [0.2, 0.25) is 0 Å². The smallest absolute Gasteiger partial charge is 0.406 e. The maximum Gasteiger partial charge on any atom is 0.406 e. The van der Waals surface area contributed by atoms with Crippen LogP contribution in [0.25, 0.3) is 0 Å². The second kappa shape index (κ2) is 5.46. The molecule has 0 spiro atoms. The number of carbonyl (C=O) groups excluding carboxylic acids is 1. The average molecular weight is 302 g/mol. The molecule has 1 unspecified atom stereocenters. The third-order valence-corrected chi connectivity index (χ3v) is 3.68. The van der Waals surface area contributed by atoms with Crippen LogP contribution < -0.4 is 5.73 Å². The number of benzene rings is 1. The van der Waals surface area contributed by atoms with Crippen LogP contribution in [0.1, 0.15) is 30.1 Å². The van der Waals surface area contributed by atoms with Crippen molar-refractivity contribution in [3.05, 3.63) is 23.8 Å². The van der Waals surface area contributed by atoms with Crippen molar-refractivity contribution in [2.24, 2.45) is 5.92 Å². The number of halogens is 3. The minimum Gasteiger partial charge on any atom is -0.506 e. The number of nitrogen functional groups attached to an aromatic ring is 1. The highest BCUT2D eigenvalue weighted by atomic mass is 19.4. The molecule has 1 aromatic rings. The van der Waals surface area contributed by atoms with Crippen LogP contribution in [0.4, 0.5) is 18.9 Å². The predicted molar refractivity (Wildman–Crippen MR) is 71.8 cm³/mol. The summed E-state index contributed by atoms with van der Waals surface area (Å²) in [6.07, 6.45) is -2.81. The number of hydrogen-bond acceptors (Lipinski definition) is 3. The Morgan fingerprint density at radius 2 is 2.10 bits per heavy atom. The second-order valence-electron chi connectivity index (χ2n) is 5.40. The van der Waals surface area contributed by atoms with Crippen molar-refractivity contribution in [3.8, 4) is 5.75 Å². The molecule has 3 N–H and O–H groups in total. The van der Waals surface area contributed by atoms with Gasteiger partial charge in [0.1, 0.15) is 12.3 Å². The number of hydrogen-bond donors (Lipinski definition) is 2. The minimum absolute atomic E-state index is 0.00144. The quantitative estimate of drug-likeness (QED) is 0.664. The Bertz CT molecular complexity index is 542. The summed E-state index contributed by atoms with van der Waals surface area (Å²) in [6, 6.07) is 3.23. The van der Waals surface area contributed by atoms with Crippen molar-refractivity contribution in [1.29, 1.82) is 0 Å². The van der Waals surface area contributed by atoms with E-state index in [4.69, 9.17) is 5.73 Å². The lowest BCUT2D eigenvalue weighted by Gasteiger charge is -2.30. The Labute approximate surface area is 120 Å². The largest absolute Gasteiger partial charge is 0.506 e. The molecular weight excluding hydrogens is 285 g/mol. The summed E-state index contributed by atoms with van der Waals surface area (Å²) in [5.41, 5.74) is 5.50. The van der Waals surface area contributed by atoms with E-state index in [1.54, 1.807) is 6.92 Å². The van der Waals surface area contributed by atoms with E-state index in [1.165, 1.54) is 12.1 Å². The fraction of sp³-hybridized carbons (Fsp3) is 0.500. The van der Waals surface area contributed by atoms with E-state index in [1.807, 2.05) is 0 Å². The third kappa shape index (κ3) is 3.80. The Morgan fingerprint density at radius 3 is 2.57 bits per heavy atom. The first-order valence-corrected chi connectivity index (χ1v) is 6.65. The maximum absolute atomic E-state index is 12.7. The van der Waals surface area contributed by atoms with Gasteiger partial charge in [-0.05, 0) is 43.9 Å². The monoisotopic (exact) mass is 302 g/mol. The fourth-order valence-corrected chi connectivity index (χ4v) is 2.27. The molecule has 1 aliphatic carbocycles. The lowest BCUT2D eigenvalue weighted by molar-refractivity contribution is -0.144. The Kier molecular flexibility index (Phi) is 4.02. The van der Waals surface area contributed by atoms with Gasteiger partial charge in [0.25, 0.3) is 5.91 Å². The van der Waals surface area contributed by atoms with E-state index >= 15 is 0 Å². The summed E-state index contributed by atoms with van der Waals surface area (Å²) in [5, 5.41) is 9.51. The highest BCUT2D eigenvalue weighted by Crippen LogP contribution is 2.37. The Hall–Kier alpha value is -1.92. The normalized spacial score (nSPS) is 16.6. The number of amides is 1. The number of nitrogens with two attached hydrogens (primary N) is 1. The Morgan fingerprint density at radius 1 is 1.48 bits per heavy atom. The van der Waals surface area contributed by atoms with Gasteiger partial charge in [-0.25, -0.2) is 0 Å². The van der Waals surface area contributed by atoms with E-state index in [-0.39, 0.29) is 22.9 Å². The number of anilines is 1. The van der Waals surface area contributed by atoms with Gasteiger partial charge in [0.05, 0.1) is 5.69 Å². The minimum atomic E-state index is -4.46. The zero-order valence-corrected chi connectivity index (χ0v) is 11.5. The van der Waals surface area contributed by atoms with Crippen molar-refractivity contribution < 1.29 is 23.1 Å². The summed E-state index contributed by atoms with van der Waals surface area (Å²) in [4.78, 5) is 13.2. The number of phenols is 1. The number of nitrogens with zero attached hydrogens (tertiary/aromatic N) is 1. The van der Waals surface area contributed by atoms with Crippen molar-refractivity contribution in [2.45, 2.75) is 32.0 Å². The topological polar surface area (TPSA) is 66.6 Å². The van der Waals surface area contributed by atoms with Gasteiger partial charge in [-0.3, -0.25) is 4.79 Å². The van der Waals surface area contributed by atoms with Gasteiger partial charge < -0.3 is 15.7 Å².